The molecule has 0 N–H and O–H groups in total. The second kappa shape index (κ2) is 5.13. The fourth-order valence-corrected chi connectivity index (χ4v) is 5.06. The first-order chi connectivity index (χ1) is 9.12. The fraction of sp³-hybridized carbons (Fsp3) is 0.533. The highest BCUT2D eigenvalue weighted by atomic mass is 79.9. The van der Waals surface area contributed by atoms with Gasteiger partial charge in [-0.05, 0) is 44.0 Å². The van der Waals surface area contributed by atoms with Gasteiger partial charge in [0.05, 0.1) is 10.9 Å². The van der Waals surface area contributed by atoms with Crippen molar-refractivity contribution in [2.24, 2.45) is 0 Å². The summed E-state index contributed by atoms with van der Waals surface area (Å²) in [6.45, 7) is 2.04. The average Bonchev–Trinajstić information content (AvgIpc) is 2.64. The number of benzene rings is 1. The Kier molecular flexibility index (Phi) is 3.65. The molecule has 1 aliphatic carbocycles. The van der Waals surface area contributed by atoms with Gasteiger partial charge in [0.15, 0.2) is 0 Å². The van der Waals surface area contributed by atoms with Gasteiger partial charge in [-0.25, -0.2) is 0 Å². The highest BCUT2D eigenvalue weighted by molar-refractivity contribution is 9.10. The number of hydrogen-bond donors (Lipinski definition) is 0. The van der Waals surface area contributed by atoms with Crippen molar-refractivity contribution in [3.05, 3.63) is 28.7 Å². The van der Waals surface area contributed by atoms with Gasteiger partial charge in [-0.1, -0.05) is 47.0 Å². The fourth-order valence-electron chi connectivity index (χ4n) is 3.29. The Morgan fingerprint density at radius 1 is 1.21 bits per heavy atom. The molecule has 19 heavy (non-hydrogen) atoms. The maximum atomic E-state index is 12.2. The second-order valence-corrected chi connectivity index (χ2v) is 7.73. The minimum absolute atomic E-state index is 0.00993. The van der Waals surface area contributed by atoms with E-state index in [1.165, 1.54) is 24.9 Å². The Labute approximate surface area is 127 Å². The van der Waals surface area contributed by atoms with Crippen molar-refractivity contribution in [2.75, 3.05) is 4.90 Å². The van der Waals surface area contributed by atoms with Crippen LogP contribution >= 0.6 is 27.7 Å². The zero-order valence-corrected chi connectivity index (χ0v) is 13.5. The number of halogens is 1. The topological polar surface area (TPSA) is 20.3 Å². The van der Waals surface area contributed by atoms with E-state index in [1.807, 2.05) is 6.92 Å². The summed E-state index contributed by atoms with van der Waals surface area (Å²) in [5.41, 5.74) is 1.18. The monoisotopic (exact) mass is 339 g/mol. The van der Waals surface area contributed by atoms with Crippen LogP contribution in [0.4, 0.5) is 5.69 Å². The normalized spacial score (nSPS) is 26.1. The molecular formula is C15H18BrNOS. The van der Waals surface area contributed by atoms with E-state index in [0.717, 1.165) is 17.3 Å². The lowest BCUT2D eigenvalue weighted by atomic mass is 9.92. The Hall–Kier alpha value is -0.480. The Bertz CT molecular complexity index is 481. The predicted octanol–water partition coefficient (Wildman–Crippen LogP) is 4.58. The molecule has 1 heterocycles. The van der Waals surface area contributed by atoms with E-state index in [2.05, 4.69) is 45.1 Å². The molecule has 102 valence electrons. The first kappa shape index (κ1) is 13.5. The summed E-state index contributed by atoms with van der Waals surface area (Å²) in [4.78, 5) is 14.6. The average molecular weight is 340 g/mol. The first-order valence-corrected chi connectivity index (χ1v) is 8.51. The SMILES string of the molecule is C[C@@H]1C(=O)SC2(CCCCC2)N1c1ccc(Br)cc1. The van der Waals surface area contributed by atoms with Crippen LogP contribution in [0.2, 0.25) is 0 Å². The number of hydrogen-bond acceptors (Lipinski definition) is 3. The van der Waals surface area contributed by atoms with Crippen LogP contribution < -0.4 is 4.90 Å². The molecule has 0 aromatic heterocycles. The van der Waals surface area contributed by atoms with E-state index in [-0.39, 0.29) is 10.9 Å². The molecule has 1 atom stereocenters. The number of nitrogens with zero attached hydrogens (tertiary/aromatic N) is 1. The van der Waals surface area contributed by atoms with E-state index in [4.69, 9.17) is 0 Å². The summed E-state index contributed by atoms with van der Waals surface area (Å²) in [6, 6.07) is 8.36. The van der Waals surface area contributed by atoms with Crippen molar-refractivity contribution >= 4 is 38.5 Å². The van der Waals surface area contributed by atoms with Crippen molar-refractivity contribution in [2.45, 2.75) is 49.9 Å². The summed E-state index contributed by atoms with van der Waals surface area (Å²) < 4.78 is 1.08. The quantitative estimate of drug-likeness (QED) is 0.746. The Balaban J connectivity index is 1.99. The molecule has 2 aliphatic rings. The third kappa shape index (κ3) is 2.33. The number of rotatable bonds is 1. The van der Waals surface area contributed by atoms with Crippen molar-refractivity contribution in [3.63, 3.8) is 0 Å². The van der Waals surface area contributed by atoms with Gasteiger partial charge >= 0.3 is 0 Å². The standard InChI is InChI=1S/C15H18BrNOS/c1-11-14(18)19-15(9-3-2-4-10-15)17(11)13-7-5-12(16)6-8-13/h5-8,11H,2-4,9-10H2,1H3/t11-/m1/s1. The van der Waals surface area contributed by atoms with E-state index in [1.54, 1.807) is 11.8 Å². The molecule has 1 aromatic carbocycles. The molecule has 2 fully saturated rings. The van der Waals surface area contributed by atoms with Gasteiger partial charge in [-0.3, -0.25) is 4.79 Å². The lowest BCUT2D eigenvalue weighted by Gasteiger charge is -2.42. The number of thioether (sulfide) groups is 1. The maximum absolute atomic E-state index is 12.2. The molecule has 0 unspecified atom stereocenters. The van der Waals surface area contributed by atoms with Crippen LogP contribution in [0.1, 0.15) is 39.0 Å². The van der Waals surface area contributed by atoms with E-state index in [0.29, 0.717) is 5.12 Å². The molecule has 3 rings (SSSR count). The summed E-state index contributed by atoms with van der Waals surface area (Å²) in [5, 5.41) is 0.324. The van der Waals surface area contributed by atoms with Gasteiger partial charge in [0.25, 0.3) is 0 Å². The molecule has 0 radical (unpaired) electrons. The first-order valence-electron chi connectivity index (χ1n) is 6.90. The summed E-state index contributed by atoms with van der Waals surface area (Å²) in [6.07, 6.45) is 6.03. The van der Waals surface area contributed by atoms with Gasteiger partial charge < -0.3 is 4.90 Å². The van der Waals surface area contributed by atoms with Gasteiger partial charge in [-0.15, -0.1) is 0 Å². The van der Waals surface area contributed by atoms with Crippen LogP contribution in [0, 0.1) is 0 Å². The maximum Gasteiger partial charge on any atom is 0.213 e. The van der Waals surface area contributed by atoms with Crippen molar-refractivity contribution in [1.29, 1.82) is 0 Å². The van der Waals surface area contributed by atoms with Crippen molar-refractivity contribution < 1.29 is 4.79 Å². The lowest BCUT2D eigenvalue weighted by Crippen LogP contribution is -2.47. The van der Waals surface area contributed by atoms with Crippen LogP contribution in [0.15, 0.2) is 28.7 Å². The minimum Gasteiger partial charge on any atom is -0.346 e. The molecular weight excluding hydrogens is 322 g/mol. The Morgan fingerprint density at radius 3 is 2.47 bits per heavy atom. The molecule has 1 saturated heterocycles. The van der Waals surface area contributed by atoms with Crippen LogP contribution in [-0.2, 0) is 4.79 Å². The Morgan fingerprint density at radius 2 is 1.84 bits per heavy atom. The van der Waals surface area contributed by atoms with Gasteiger partial charge in [0, 0.05) is 10.2 Å². The van der Waals surface area contributed by atoms with Gasteiger partial charge in [0.2, 0.25) is 5.12 Å². The zero-order chi connectivity index (χ0) is 13.5. The van der Waals surface area contributed by atoms with Gasteiger partial charge in [0.1, 0.15) is 0 Å². The van der Waals surface area contributed by atoms with Gasteiger partial charge in [-0.2, -0.15) is 0 Å². The van der Waals surface area contributed by atoms with Crippen molar-refractivity contribution in [1.82, 2.24) is 0 Å². The number of carbonyl (C=O) groups is 1. The smallest absolute Gasteiger partial charge is 0.213 e. The van der Waals surface area contributed by atoms with E-state index < -0.39 is 0 Å². The molecule has 4 heteroatoms. The summed E-state index contributed by atoms with van der Waals surface area (Å²) in [7, 11) is 0. The van der Waals surface area contributed by atoms with Crippen LogP contribution in [0.5, 0.6) is 0 Å². The second-order valence-electron chi connectivity index (χ2n) is 5.45. The van der Waals surface area contributed by atoms with Crippen LogP contribution in [-0.4, -0.2) is 16.0 Å². The molecule has 0 amide bonds. The molecule has 2 nitrogen and oxygen atoms in total. The molecule has 0 bridgehead atoms. The molecule has 1 aliphatic heterocycles. The van der Waals surface area contributed by atoms with E-state index in [9.17, 15) is 4.79 Å². The highest BCUT2D eigenvalue weighted by Crippen LogP contribution is 2.51. The third-order valence-electron chi connectivity index (χ3n) is 4.20. The highest BCUT2D eigenvalue weighted by Gasteiger charge is 2.50. The number of carbonyl (C=O) groups excluding carboxylic acids is 1. The lowest BCUT2D eigenvalue weighted by molar-refractivity contribution is -0.111. The van der Waals surface area contributed by atoms with Crippen LogP contribution in [0.3, 0.4) is 0 Å². The number of anilines is 1. The molecule has 1 aromatic rings. The summed E-state index contributed by atoms with van der Waals surface area (Å²) >= 11 is 5.06. The summed E-state index contributed by atoms with van der Waals surface area (Å²) in [5.74, 6) is 0. The predicted molar refractivity (Wildman–Crippen MR) is 84.5 cm³/mol. The zero-order valence-electron chi connectivity index (χ0n) is 11.1. The largest absolute Gasteiger partial charge is 0.346 e. The molecule has 1 saturated carbocycles. The third-order valence-corrected chi connectivity index (χ3v) is 6.25. The van der Waals surface area contributed by atoms with E-state index >= 15 is 0 Å². The van der Waals surface area contributed by atoms with Crippen molar-refractivity contribution in [3.8, 4) is 0 Å². The minimum atomic E-state index is -0.00993. The van der Waals surface area contributed by atoms with Crippen LogP contribution in [0.25, 0.3) is 0 Å². The molecule has 1 spiro atoms.